The summed E-state index contributed by atoms with van der Waals surface area (Å²) >= 11 is 0. The maximum absolute atomic E-state index is 12.4. The third-order valence-corrected chi connectivity index (χ3v) is 9.70. The van der Waals surface area contributed by atoms with Crippen molar-refractivity contribution < 1.29 is 36.6 Å². The van der Waals surface area contributed by atoms with Crippen LogP contribution in [0.1, 0.15) is 77.6 Å². The van der Waals surface area contributed by atoms with Gasteiger partial charge in [0, 0.05) is 19.6 Å². The quantitative estimate of drug-likeness (QED) is 0.0784. The van der Waals surface area contributed by atoms with Crippen LogP contribution in [0.25, 0.3) is 11.2 Å². The second kappa shape index (κ2) is 19.6. The highest BCUT2D eigenvalue weighted by Crippen LogP contribution is 2.42. The highest BCUT2D eigenvalue weighted by molar-refractivity contribution is 8.36. The molecule has 252 valence electrons. The lowest BCUT2D eigenvalue weighted by Crippen LogP contribution is -2.17. The Morgan fingerprint density at radius 3 is 2.39 bits per heavy atom. The maximum atomic E-state index is 12.4. The summed E-state index contributed by atoms with van der Waals surface area (Å²) in [7, 11) is -5.37. The average molecular weight is 668 g/mol. The zero-order chi connectivity index (χ0) is 32.5. The van der Waals surface area contributed by atoms with Gasteiger partial charge in [0.2, 0.25) is 0 Å². The van der Waals surface area contributed by atoms with Crippen molar-refractivity contribution in [3.8, 4) is 11.2 Å². The Hall–Kier alpha value is -1.88. The molecule has 2 aromatic rings. The van der Waals surface area contributed by atoms with Crippen LogP contribution < -0.4 is 5.73 Å². The maximum Gasteiger partial charge on any atom is 0.389 e. The minimum Gasteiger partial charge on any atom is -0.382 e. The molecule has 0 aromatic carbocycles. The van der Waals surface area contributed by atoms with Crippen molar-refractivity contribution in [2.45, 2.75) is 96.4 Å². The Kier molecular flexibility index (Phi) is 17.1. The lowest BCUT2D eigenvalue weighted by atomic mass is 10.1. The first kappa shape index (κ1) is 38.3. The molecular formula is C29H49F3N5O5PS. The highest BCUT2D eigenvalue weighted by atomic mass is 32.3. The van der Waals surface area contributed by atoms with Gasteiger partial charge in [0.05, 0.1) is 32.0 Å². The van der Waals surface area contributed by atoms with Gasteiger partial charge in [-0.25, -0.2) is 15.0 Å². The molecule has 0 spiro atoms. The molecule has 0 saturated carbocycles. The van der Waals surface area contributed by atoms with E-state index in [2.05, 4.69) is 26.1 Å². The average Bonchev–Trinajstić information content (AvgIpc) is 3.36. The van der Waals surface area contributed by atoms with Gasteiger partial charge >= 0.3 is 13.8 Å². The van der Waals surface area contributed by atoms with E-state index < -0.39 is 36.6 Å². The minimum absolute atomic E-state index is 0.108. The molecule has 0 aliphatic carbocycles. The van der Waals surface area contributed by atoms with Crippen molar-refractivity contribution in [2.75, 3.05) is 50.2 Å². The fourth-order valence-corrected chi connectivity index (χ4v) is 6.51. The van der Waals surface area contributed by atoms with E-state index in [1.165, 1.54) is 19.2 Å². The van der Waals surface area contributed by atoms with Crippen LogP contribution in [0.3, 0.4) is 0 Å². The van der Waals surface area contributed by atoms with Crippen molar-refractivity contribution in [1.29, 1.82) is 0 Å². The summed E-state index contributed by atoms with van der Waals surface area (Å²) in [5.41, 5.74) is 6.86. The van der Waals surface area contributed by atoms with Gasteiger partial charge in [0.1, 0.15) is 18.2 Å². The summed E-state index contributed by atoms with van der Waals surface area (Å²) in [6, 6.07) is 0. The molecule has 0 aliphatic rings. The van der Waals surface area contributed by atoms with Gasteiger partial charge in [0.25, 0.3) is 0 Å². The van der Waals surface area contributed by atoms with E-state index in [1.807, 2.05) is 12.5 Å². The van der Waals surface area contributed by atoms with Gasteiger partial charge < -0.3 is 29.2 Å². The number of ether oxygens (including phenoxy) is 2. The largest absolute Gasteiger partial charge is 0.389 e. The number of nitrogens with zero attached hydrogens (tertiary/aromatic N) is 4. The van der Waals surface area contributed by atoms with Crippen LogP contribution in [0.4, 0.5) is 19.0 Å². The van der Waals surface area contributed by atoms with Crippen LogP contribution in [0.15, 0.2) is 12.7 Å². The van der Waals surface area contributed by atoms with E-state index in [9.17, 15) is 22.6 Å². The SMILES string of the molecule is C[C@H](Cn1cnc2c(N)ncnc21)OCP(=O)(O)OCCCOCCCCCCCCCCC#CS(C)(C)CCC(F)(F)F. The number of rotatable bonds is 22. The predicted molar refractivity (Wildman–Crippen MR) is 171 cm³/mol. The Morgan fingerprint density at radius 1 is 1.02 bits per heavy atom. The van der Waals surface area contributed by atoms with E-state index in [0.717, 1.165) is 44.9 Å². The van der Waals surface area contributed by atoms with Gasteiger partial charge in [-0.2, -0.15) is 23.2 Å². The van der Waals surface area contributed by atoms with Crippen LogP contribution in [0.5, 0.6) is 0 Å². The molecule has 0 fully saturated rings. The lowest BCUT2D eigenvalue weighted by Gasteiger charge is -2.24. The predicted octanol–water partition coefficient (Wildman–Crippen LogP) is 6.87. The standard InChI is InChI=1S/C29H49F3N5O5PS/c1-25(21-37-23-36-26-27(33)34-22-35-28(26)37)41-24-43(38,39)42-18-14-17-40-16-12-10-8-6-4-5-7-9-11-13-19-44(2,3)20-15-29(30,31)32/h22-23,25H,4-12,14-18,20-21,24H2,1-3H3,(H,38,39)(H2,33,34,35)/t25-/m1/s1. The Morgan fingerprint density at radius 2 is 1.68 bits per heavy atom. The number of hydrogen-bond acceptors (Lipinski definition) is 8. The van der Waals surface area contributed by atoms with Crippen LogP contribution in [-0.4, -0.2) is 81.1 Å². The van der Waals surface area contributed by atoms with E-state index in [4.69, 9.17) is 19.7 Å². The lowest BCUT2D eigenvalue weighted by molar-refractivity contribution is -0.129. The summed E-state index contributed by atoms with van der Waals surface area (Å²) < 4.78 is 67.5. The first-order valence-electron chi connectivity index (χ1n) is 15.1. The summed E-state index contributed by atoms with van der Waals surface area (Å²) in [5.74, 6) is 3.50. The molecule has 0 aliphatic heterocycles. The van der Waals surface area contributed by atoms with Gasteiger partial charge in [-0.05, 0) is 44.5 Å². The van der Waals surface area contributed by atoms with Crippen molar-refractivity contribution in [2.24, 2.45) is 0 Å². The second-order valence-electron chi connectivity index (χ2n) is 11.3. The molecule has 0 radical (unpaired) electrons. The van der Waals surface area contributed by atoms with E-state index >= 15 is 0 Å². The number of hydrogen-bond donors (Lipinski definition) is 2. The third kappa shape index (κ3) is 17.0. The molecular weight excluding hydrogens is 618 g/mol. The van der Waals surface area contributed by atoms with Gasteiger partial charge in [-0.15, -0.1) is 0 Å². The first-order chi connectivity index (χ1) is 20.8. The van der Waals surface area contributed by atoms with Crippen LogP contribution >= 0.6 is 17.6 Å². The highest BCUT2D eigenvalue weighted by Gasteiger charge is 2.28. The van der Waals surface area contributed by atoms with E-state index in [-0.39, 0.29) is 24.3 Å². The smallest absolute Gasteiger partial charge is 0.382 e. The van der Waals surface area contributed by atoms with E-state index in [1.54, 1.807) is 17.8 Å². The van der Waals surface area contributed by atoms with Crippen LogP contribution in [-0.2, 0) is 25.1 Å². The first-order valence-corrected chi connectivity index (χ1v) is 19.5. The molecule has 2 rings (SSSR count). The summed E-state index contributed by atoms with van der Waals surface area (Å²) in [5, 5.41) is 3.08. The Balaban J connectivity index is 1.39. The monoisotopic (exact) mass is 667 g/mol. The molecule has 44 heavy (non-hydrogen) atoms. The number of alkyl halides is 3. The number of unbranched alkanes of at least 4 members (excludes halogenated alkanes) is 8. The summed E-state index contributed by atoms with van der Waals surface area (Å²) in [6.07, 6.45) is 11.0. The molecule has 0 saturated heterocycles. The molecule has 3 N–H and O–H groups in total. The minimum atomic E-state index is -4.10. The fraction of sp³-hybridized carbons (Fsp3) is 0.759. The number of fused-ring (bicyclic) bond motifs is 1. The zero-order valence-corrected chi connectivity index (χ0v) is 27.9. The molecule has 1 unspecified atom stereocenters. The van der Waals surface area contributed by atoms with Crippen molar-refractivity contribution in [1.82, 2.24) is 19.5 Å². The number of anilines is 1. The van der Waals surface area contributed by atoms with Gasteiger partial charge in [-0.3, -0.25) is 4.57 Å². The Labute approximate surface area is 260 Å². The van der Waals surface area contributed by atoms with Crippen LogP contribution in [0.2, 0.25) is 0 Å². The second-order valence-corrected chi connectivity index (χ2v) is 16.8. The number of aromatic nitrogens is 4. The summed E-state index contributed by atoms with van der Waals surface area (Å²) in [4.78, 5) is 22.3. The van der Waals surface area contributed by atoms with E-state index in [0.29, 0.717) is 37.3 Å². The Bertz CT molecular complexity index is 1220. The number of nitrogen functional groups attached to an aromatic ring is 1. The third-order valence-electron chi connectivity index (χ3n) is 6.72. The zero-order valence-electron chi connectivity index (χ0n) is 26.2. The van der Waals surface area contributed by atoms with Gasteiger partial charge in [-0.1, -0.05) is 49.7 Å². The van der Waals surface area contributed by atoms with Crippen LogP contribution in [0, 0.1) is 11.2 Å². The normalized spacial score (nSPS) is 14.7. The summed E-state index contributed by atoms with van der Waals surface area (Å²) in [6.45, 7) is 3.37. The molecule has 0 amide bonds. The molecule has 0 bridgehead atoms. The van der Waals surface area contributed by atoms with Crippen molar-refractivity contribution in [3.05, 3.63) is 12.7 Å². The molecule has 2 aromatic heterocycles. The number of halogens is 3. The molecule has 2 heterocycles. The van der Waals surface area contributed by atoms with Crippen molar-refractivity contribution in [3.63, 3.8) is 0 Å². The number of imidazole rings is 1. The molecule has 15 heteroatoms. The topological polar surface area (TPSA) is 135 Å². The molecule has 2 atom stereocenters. The van der Waals surface area contributed by atoms with Gasteiger partial charge in [0.15, 0.2) is 11.5 Å². The molecule has 10 nitrogen and oxygen atoms in total. The fourth-order valence-electron chi connectivity index (χ4n) is 4.24. The number of nitrogens with two attached hydrogens (primary N) is 1. The van der Waals surface area contributed by atoms with Crippen molar-refractivity contribution >= 4 is 34.6 Å².